The minimum absolute atomic E-state index is 0.0214. The number of rotatable bonds is 7. The fourth-order valence-electron chi connectivity index (χ4n) is 3.66. The van der Waals surface area contributed by atoms with Crippen LogP contribution in [0.4, 0.5) is 5.69 Å². The number of nitrogens with zero attached hydrogens (tertiary/aromatic N) is 2. The van der Waals surface area contributed by atoms with E-state index in [0.29, 0.717) is 17.9 Å². The van der Waals surface area contributed by atoms with Crippen LogP contribution in [0.15, 0.2) is 40.8 Å². The number of nitro groups is 1. The normalized spacial score (nSPS) is 14.4. The third-order valence-electron chi connectivity index (χ3n) is 5.17. The molecule has 0 saturated heterocycles. The summed E-state index contributed by atoms with van der Waals surface area (Å²) in [6.45, 7) is 2.19. The molecule has 1 amide bonds. The van der Waals surface area contributed by atoms with Crippen molar-refractivity contribution in [2.45, 2.75) is 45.1 Å². The van der Waals surface area contributed by atoms with Gasteiger partial charge in [0.25, 0.3) is 11.6 Å². The van der Waals surface area contributed by atoms with Gasteiger partial charge in [0.05, 0.1) is 4.92 Å². The van der Waals surface area contributed by atoms with Crippen molar-refractivity contribution in [3.8, 4) is 11.3 Å². The lowest BCUT2D eigenvalue weighted by Gasteiger charge is -2.33. The SMILES string of the molecule is CCN(C(=O)COC(=O)c1ccc(-c2ccc([N+](=O)[O-])cc2)o1)C1CCCCC1. The van der Waals surface area contributed by atoms with Gasteiger partial charge in [-0.15, -0.1) is 0 Å². The average Bonchev–Trinajstić information content (AvgIpc) is 3.24. The van der Waals surface area contributed by atoms with Crippen LogP contribution in [-0.2, 0) is 9.53 Å². The quantitative estimate of drug-likeness (QED) is 0.392. The van der Waals surface area contributed by atoms with Gasteiger partial charge in [0.15, 0.2) is 6.61 Å². The third kappa shape index (κ3) is 5.01. The summed E-state index contributed by atoms with van der Waals surface area (Å²) in [6.07, 6.45) is 5.42. The molecule has 0 atom stereocenters. The molecule has 8 heteroatoms. The molecule has 1 aliphatic rings. The molecule has 0 spiro atoms. The summed E-state index contributed by atoms with van der Waals surface area (Å²) in [5.74, 6) is -0.552. The Morgan fingerprint density at radius 2 is 1.83 bits per heavy atom. The first-order valence-electron chi connectivity index (χ1n) is 9.81. The Morgan fingerprint density at radius 1 is 1.14 bits per heavy atom. The Balaban J connectivity index is 1.58. The molecule has 1 aliphatic carbocycles. The Kier molecular flexibility index (Phi) is 6.64. The first-order chi connectivity index (χ1) is 14.0. The zero-order valence-corrected chi connectivity index (χ0v) is 16.3. The predicted molar refractivity (Wildman–Crippen MR) is 105 cm³/mol. The van der Waals surface area contributed by atoms with Gasteiger partial charge in [0.2, 0.25) is 5.76 Å². The van der Waals surface area contributed by atoms with Crippen LogP contribution in [-0.4, -0.2) is 40.9 Å². The van der Waals surface area contributed by atoms with Gasteiger partial charge in [-0.25, -0.2) is 4.79 Å². The largest absolute Gasteiger partial charge is 0.450 e. The second kappa shape index (κ2) is 9.36. The van der Waals surface area contributed by atoms with Gasteiger partial charge in [-0.3, -0.25) is 14.9 Å². The fraction of sp³-hybridized carbons (Fsp3) is 0.429. The van der Waals surface area contributed by atoms with Crippen molar-refractivity contribution in [2.24, 2.45) is 0 Å². The van der Waals surface area contributed by atoms with E-state index in [1.54, 1.807) is 23.1 Å². The monoisotopic (exact) mass is 400 g/mol. The van der Waals surface area contributed by atoms with E-state index in [1.165, 1.54) is 24.6 Å². The van der Waals surface area contributed by atoms with Crippen molar-refractivity contribution in [1.82, 2.24) is 4.90 Å². The number of ether oxygens (including phenoxy) is 1. The van der Waals surface area contributed by atoms with Gasteiger partial charge in [-0.1, -0.05) is 19.3 Å². The van der Waals surface area contributed by atoms with Crippen LogP contribution in [0, 0.1) is 10.1 Å². The zero-order chi connectivity index (χ0) is 20.8. The van der Waals surface area contributed by atoms with E-state index in [4.69, 9.17) is 9.15 Å². The lowest BCUT2D eigenvalue weighted by molar-refractivity contribution is -0.384. The topological polar surface area (TPSA) is 103 Å². The van der Waals surface area contributed by atoms with Gasteiger partial charge >= 0.3 is 5.97 Å². The highest BCUT2D eigenvalue weighted by Gasteiger charge is 2.25. The van der Waals surface area contributed by atoms with Crippen LogP contribution in [0.1, 0.15) is 49.6 Å². The molecule has 2 aromatic rings. The average molecular weight is 400 g/mol. The molecule has 0 N–H and O–H groups in total. The molecule has 1 heterocycles. The molecule has 0 unspecified atom stereocenters. The molecule has 8 nitrogen and oxygen atoms in total. The molecular weight excluding hydrogens is 376 g/mol. The number of furan rings is 1. The summed E-state index contributed by atoms with van der Waals surface area (Å²) in [7, 11) is 0. The number of esters is 1. The van der Waals surface area contributed by atoms with Crippen molar-refractivity contribution >= 4 is 17.6 Å². The summed E-state index contributed by atoms with van der Waals surface area (Å²) >= 11 is 0. The molecule has 1 saturated carbocycles. The van der Waals surface area contributed by atoms with Crippen LogP contribution in [0.5, 0.6) is 0 Å². The Hall–Kier alpha value is -3.16. The van der Waals surface area contributed by atoms with Gasteiger partial charge in [-0.2, -0.15) is 0 Å². The summed E-state index contributed by atoms with van der Waals surface area (Å²) in [4.78, 5) is 36.8. The molecule has 0 aliphatic heterocycles. The van der Waals surface area contributed by atoms with E-state index < -0.39 is 10.9 Å². The van der Waals surface area contributed by atoms with Gasteiger partial charge < -0.3 is 14.1 Å². The maximum absolute atomic E-state index is 12.5. The Bertz CT molecular complexity index is 868. The number of carbonyl (C=O) groups excluding carboxylic acids is 2. The molecular formula is C21H24N2O6. The van der Waals surface area contributed by atoms with Crippen molar-refractivity contribution < 1.29 is 23.7 Å². The highest BCUT2D eigenvalue weighted by Crippen LogP contribution is 2.25. The van der Waals surface area contributed by atoms with E-state index in [9.17, 15) is 19.7 Å². The second-order valence-electron chi connectivity index (χ2n) is 7.02. The van der Waals surface area contributed by atoms with Crippen molar-refractivity contribution in [3.05, 3.63) is 52.3 Å². The maximum Gasteiger partial charge on any atom is 0.374 e. The highest BCUT2D eigenvalue weighted by molar-refractivity contribution is 5.89. The number of nitro benzene ring substituents is 1. The lowest BCUT2D eigenvalue weighted by Crippen LogP contribution is -2.43. The summed E-state index contributed by atoms with van der Waals surface area (Å²) in [6, 6.07) is 9.07. The van der Waals surface area contributed by atoms with E-state index in [-0.39, 0.29) is 30.0 Å². The third-order valence-corrected chi connectivity index (χ3v) is 5.17. The van der Waals surface area contributed by atoms with Crippen molar-refractivity contribution in [3.63, 3.8) is 0 Å². The molecule has 3 rings (SSSR count). The summed E-state index contributed by atoms with van der Waals surface area (Å²) in [5, 5.41) is 10.7. The zero-order valence-electron chi connectivity index (χ0n) is 16.3. The van der Waals surface area contributed by atoms with E-state index in [1.807, 2.05) is 6.92 Å². The van der Waals surface area contributed by atoms with Crippen LogP contribution in [0.3, 0.4) is 0 Å². The lowest BCUT2D eigenvalue weighted by atomic mass is 9.94. The van der Waals surface area contributed by atoms with Crippen molar-refractivity contribution in [2.75, 3.05) is 13.2 Å². The van der Waals surface area contributed by atoms with Crippen LogP contribution in [0.25, 0.3) is 11.3 Å². The number of non-ortho nitro benzene ring substituents is 1. The smallest absolute Gasteiger partial charge is 0.374 e. The van der Waals surface area contributed by atoms with Crippen molar-refractivity contribution in [1.29, 1.82) is 0 Å². The maximum atomic E-state index is 12.5. The van der Waals surface area contributed by atoms with Gasteiger partial charge in [-0.05, 0) is 44.0 Å². The second-order valence-corrected chi connectivity index (χ2v) is 7.02. The minimum Gasteiger partial charge on any atom is -0.450 e. The van der Waals surface area contributed by atoms with E-state index in [2.05, 4.69) is 0 Å². The van der Waals surface area contributed by atoms with Crippen LogP contribution < -0.4 is 0 Å². The molecule has 0 radical (unpaired) electrons. The number of amides is 1. The van der Waals surface area contributed by atoms with Gasteiger partial charge in [0.1, 0.15) is 5.76 Å². The molecule has 29 heavy (non-hydrogen) atoms. The summed E-state index contributed by atoms with van der Waals surface area (Å²) < 4.78 is 10.6. The Labute approximate surface area is 168 Å². The van der Waals surface area contributed by atoms with E-state index >= 15 is 0 Å². The number of benzene rings is 1. The molecule has 1 aromatic heterocycles. The molecule has 1 fully saturated rings. The first kappa shape index (κ1) is 20.6. The summed E-state index contributed by atoms with van der Waals surface area (Å²) in [5.41, 5.74) is 0.567. The Morgan fingerprint density at radius 3 is 2.45 bits per heavy atom. The molecule has 1 aromatic carbocycles. The molecule has 0 bridgehead atoms. The highest BCUT2D eigenvalue weighted by atomic mass is 16.6. The number of carbonyl (C=O) groups is 2. The van der Waals surface area contributed by atoms with Crippen LogP contribution >= 0.6 is 0 Å². The number of hydrogen-bond donors (Lipinski definition) is 0. The standard InChI is InChI=1S/C21H24N2O6/c1-2-22(16-6-4-3-5-7-16)20(24)14-28-21(25)19-13-12-18(29-19)15-8-10-17(11-9-15)23(26)27/h8-13,16H,2-7,14H2,1H3. The number of likely N-dealkylation sites (N-methyl/N-ethyl adjacent to an activating group) is 1. The number of hydrogen-bond acceptors (Lipinski definition) is 6. The minimum atomic E-state index is -0.716. The first-order valence-corrected chi connectivity index (χ1v) is 9.81. The van der Waals surface area contributed by atoms with E-state index in [0.717, 1.165) is 25.7 Å². The predicted octanol–water partition coefficient (Wildman–Crippen LogP) is 4.19. The van der Waals surface area contributed by atoms with Crippen LogP contribution in [0.2, 0.25) is 0 Å². The fourth-order valence-corrected chi connectivity index (χ4v) is 3.66. The molecule has 154 valence electrons. The van der Waals surface area contributed by atoms with Gasteiger partial charge in [0, 0.05) is 30.3 Å².